The van der Waals surface area contributed by atoms with E-state index in [1.165, 1.54) is 6.08 Å². The van der Waals surface area contributed by atoms with Gasteiger partial charge in [-0.1, -0.05) is 35.9 Å². The first-order valence-electron chi connectivity index (χ1n) is 9.32. The number of anilines is 1. The van der Waals surface area contributed by atoms with E-state index in [2.05, 4.69) is 15.6 Å². The van der Waals surface area contributed by atoms with Gasteiger partial charge in [-0.15, -0.1) is 0 Å². The molecule has 9 heteroatoms. The Labute approximate surface area is 180 Å². The van der Waals surface area contributed by atoms with Crippen LogP contribution in [0.15, 0.2) is 60.3 Å². The molecule has 0 radical (unpaired) electrons. The van der Waals surface area contributed by atoms with Gasteiger partial charge >= 0.3 is 0 Å². The minimum absolute atomic E-state index is 0.0694. The van der Waals surface area contributed by atoms with Crippen LogP contribution >= 0.6 is 11.6 Å². The third kappa shape index (κ3) is 5.20. The maximum absolute atomic E-state index is 12.7. The van der Waals surface area contributed by atoms with E-state index in [4.69, 9.17) is 11.6 Å². The summed E-state index contributed by atoms with van der Waals surface area (Å²) >= 11 is 6.29. The molecule has 0 bridgehead atoms. The van der Waals surface area contributed by atoms with Crippen LogP contribution in [0.3, 0.4) is 0 Å². The molecule has 158 valence electrons. The number of benzene rings is 1. The van der Waals surface area contributed by atoms with E-state index in [9.17, 15) is 13.2 Å². The number of carbonyl (C=O) groups is 1. The highest BCUT2D eigenvalue weighted by atomic mass is 35.5. The van der Waals surface area contributed by atoms with Crippen LogP contribution in [0.2, 0.25) is 5.02 Å². The second kappa shape index (κ2) is 8.89. The van der Waals surface area contributed by atoms with Gasteiger partial charge in [0.15, 0.2) is 15.5 Å². The Kier molecular flexibility index (Phi) is 6.48. The van der Waals surface area contributed by atoms with E-state index in [0.717, 1.165) is 22.9 Å². The van der Waals surface area contributed by atoms with Crippen molar-refractivity contribution in [2.45, 2.75) is 25.9 Å². The summed E-state index contributed by atoms with van der Waals surface area (Å²) in [6.45, 7) is 3.70. The van der Waals surface area contributed by atoms with Crippen molar-refractivity contribution in [3.8, 4) is 0 Å². The Morgan fingerprint density at radius 1 is 1.20 bits per heavy atom. The summed E-state index contributed by atoms with van der Waals surface area (Å²) in [7, 11) is -3.25. The van der Waals surface area contributed by atoms with E-state index >= 15 is 0 Å². The Bertz CT molecular complexity index is 1200. The molecular weight excluding hydrogens is 424 g/mol. The number of aromatic nitrogens is 2. The fourth-order valence-corrected chi connectivity index (χ4v) is 3.86. The number of imidazole rings is 1. The van der Waals surface area contributed by atoms with Gasteiger partial charge in [0.25, 0.3) is 5.91 Å². The average Bonchev–Trinajstić information content (AvgIpc) is 3.16. The number of sulfone groups is 1. The van der Waals surface area contributed by atoms with Crippen LogP contribution in [-0.2, 0) is 9.84 Å². The van der Waals surface area contributed by atoms with E-state index < -0.39 is 15.9 Å². The molecule has 2 atom stereocenters. The van der Waals surface area contributed by atoms with E-state index in [1.54, 1.807) is 35.9 Å². The van der Waals surface area contributed by atoms with Crippen molar-refractivity contribution in [1.82, 2.24) is 14.7 Å². The van der Waals surface area contributed by atoms with Gasteiger partial charge in [0.2, 0.25) is 0 Å². The lowest BCUT2D eigenvalue weighted by atomic mass is 10.1. The van der Waals surface area contributed by atoms with Crippen molar-refractivity contribution < 1.29 is 13.2 Å². The lowest BCUT2D eigenvalue weighted by Gasteiger charge is -2.18. The number of amides is 1. The largest absolute Gasteiger partial charge is 0.375 e. The van der Waals surface area contributed by atoms with Crippen molar-refractivity contribution >= 4 is 38.7 Å². The first-order valence-corrected chi connectivity index (χ1v) is 11.6. The van der Waals surface area contributed by atoms with E-state index in [0.29, 0.717) is 16.4 Å². The Morgan fingerprint density at radius 3 is 2.63 bits per heavy atom. The Balaban J connectivity index is 1.83. The van der Waals surface area contributed by atoms with Crippen LogP contribution < -0.4 is 10.6 Å². The standard InChI is InChI=1S/C21H23ClN4O3S/c1-14(10-13-30(3,28)29)24-21(27)19-9-8-18(20-23-11-12-26(19)20)25-15(2)16-6-4-5-7-17(16)22/h4-15,25H,1-3H3,(H,24,27)/b13-10+/t14-,15?/m1/s1. The number of fused-ring (bicyclic) bond motifs is 1. The number of nitrogens with zero attached hydrogens (tertiary/aromatic N) is 2. The normalized spacial score (nSPS) is 14.0. The lowest BCUT2D eigenvalue weighted by Crippen LogP contribution is -2.32. The molecule has 2 aromatic heterocycles. The van der Waals surface area contributed by atoms with Gasteiger partial charge < -0.3 is 10.6 Å². The molecule has 7 nitrogen and oxygen atoms in total. The molecule has 2 heterocycles. The third-order valence-electron chi connectivity index (χ3n) is 4.50. The van der Waals surface area contributed by atoms with Gasteiger partial charge in [0, 0.05) is 35.1 Å². The fourth-order valence-electron chi connectivity index (χ4n) is 3.04. The number of hydrogen-bond acceptors (Lipinski definition) is 5. The van der Waals surface area contributed by atoms with Crippen molar-refractivity contribution in [2.24, 2.45) is 0 Å². The Morgan fingerprint density at radius 2 is 1.93 bits per heavy atom. The lowest BCUT2D eigenvalue weighted by molar-refractivity contribution is 0.0940. The summed E-state index contributed by atoms with van der Waals surface area (Å²) in [5.74, 6) is -0.339. The number of pyridine rings is 1. The first-order chi connectivity index (χ1) is 14.2. The topological polar surface area (TPSA) is 92.6 Å². The molecule has 1 aromatic carbocycles. The smallest absolute Gasteiger partial charge is 0.268 e. The predicted molar refractivity (Wildman–Crippen MR) is 120 cm³/mol. The van der Waals surface area contributed by atoms with Gasteiger partial charge in [0.05, 0.1) is 11.7 Å². The second-order valence-corrected chi connectivity index (χ2v) is 9.40. The van der Waals surface area contributed by atoms with Gasteiger partial charge in [-0.25, -0.2) is 13.4 Å². The number of nitrogens with one attached hydrogen (secondary N) is 2. The molecule has 0 spiro atoms. The van der Waals surface area contributed by atoms with Gasteiger partial charge in [-0.2, -0.15) is 0 Å². The second-order valence-electron chi connectivity index (χ2n) is 7.06. The molecule has 0 fully saturated rings. The van der Waals surface area contributed by atoms with Crippen molar-refractivity contribution in [3.05, 3.63) is 76.6 Å². The molecule has 0 saturated heterocycles. The van der Waals surface area contributed by atoms with Crippen molar-refractivity contribution in [1.29, 1.82) is 0 Å². The van der Waals surface area contributed by atoms with Crippen LogP contribution in [0, 0.1) is 0 Å². The van der Waals surface area contributed by atoms with Gasteiger partial charge in [-0.3, -0.25) is 9.20 Å². The number of rotatable bonds is 7. The zero-order valence-electron chi connectivity index (χ0n) is 16.8. The Hall–Kier alpha value is -2.84. The minimum Gasteiger partial charge on any atom is -0.375 e. The highest BCUT2D eigenvalue weighted by molar-refractivity contribution is 7.93. The number of carbonyl (C=O) groups excluding carboxylic acids is 1. The summed E-state index contributed by atoms with van der Waals surface area (Å²) < 4.78 is 24.2. The van der Waals surface area contributed by atoms with E-state index in [-0.39, 0.29) is 11.9 Å². The number of hydrogen-bond donors (Lipinski definition) is 2. The van der Waals surface area contributed by atoms with Crippen LogP contribution in [0.25, 0.3) is 5.65 Å². The van der Waals surface area contributed by atoms with E-state index in [1.807, 2.05) is 31.2 Å². The third-order valence-corrected chi connectivity index (χ3v) is 5.49. The zero-order valence-corrected chi connectivity index (χ0v) is 18.4. The molecule has 0 aliphatic heterocycles. The molecule has 1 unspecified atom stereocenters. The van der Waals surface area contributed by atoms with Crippen LogP contribution in [0.4, 0.5) is 5.69 Å². The monoisotopic (exact) mass is 446 g/mol. The quantitative estimate of drug-likeness (QED) is 0.575. The zero-order chi connectivity index (χ0) is 21.9. The molecule has 0 aliphatic rings. The molecular formula is C21H23ClN4O3S. The van der Waals surface area contributed by atoms with Crippen molar-refractivity contribution in [3.63, 3.8) is 0 Å². The molecule has 2 N–H and O–H groups in total. The molecule has 0 saturated carbocycles. The summed E-state index contributed by atoms with van der Waals surface area (Å²) in [6.07, 6.45) is 5.85. The van der Waals surface area contributed by atoms with Gasteiger partial charge in [-0.05, 0) is 37.6 Å². The molecule has 0 aliphatic carbocycles. The molecule has 3 aromatic rings. The van der Waals surface area contributed by atoms with Crippen molar-refractivity contribution in [2.75, 3.05) is 11.6 Å². The maximum atomic E-state index is 12.7. The van der Waals surface area contributed by atoms with Gasteiger partial charge in [0.1, 0.15) is 5.69 Å². The summed E-state index contributed by atoms with van der Waals surface area (Å²) in [5, 5.41) is 7.91. The molecule has 1 amide bonds. The van der Waals surface area contributed by atoms with Crippen LogP contribution in [0.1, 0.15) is 35.9 Å². The first kappa shape index (κ1) is 21.9. The SMILES string of the molecule is CC(Nc1ccc(C(=O)N[C@H](C)/C=C/S(C)(=O)=O)n2ccnc12)c1ccccc1Cl. The molecule has 3 rings (SSSR count). The minimum atomic E-state index is -3.25. The number of halogens is 1. The molecule has 30 heavy (non-hydrogen) atoms. The highest BCUT2D eigenvalue weighted by Crippen LogP contribution is 2.27. The van der Waals surface area contributed by atoms with Crippen LogP contribution in [-0.4, -0.2) is 36.0 Å². The maximum Gasteiger partial charge on any atom is 0.268 e. The predicted octanol–water partition coefficient (Wildman–Crippen LogP) is 3.84. The van der Waals surface area contributed by atoms with Crippen LogP contribution in [0.5, 0.6) is 0 Å². The summed E-state index contributed by atoms with van der Waals surface area (Å²) in [4.78, 5) is 17.1. The highest BCUT2D eigenvalue weighted by Gasteiger charge is 2.16. The fraction of sp³-hybridized carbons (Fsp3) is 0.238. The average molecular weight is 447 g/mol. The summed E-state index contributed by atoms with van der Waals surface area (Å²) in [6, 6.07) is 10.6. The summed E-state index contributed by atoms with van der Waals surface area (Å²) in [5.41, 5.74) is 2.70.